The van der Waals surface area contributed by atoms with Crippen molar-refractivity contribution in [3.63, 3.8) is 0 Å². The van der Waals surface area contributed by atoms with Crippen LogP contribution in [0.2, 0.25) is 0 Å². The van der Waals surface area contributed by atoms with Crippen LogP contribution in [0, 0.1) is 0 Å². The molecule has 0 aromatic heterocycles. The van der Waals surface area contributed by atoms with E-state index in [0.717, 1.165) is 11.3 Å². The second-order valence-corrected chi connectivity index (χ2v) is 4.36. The van der Waals surface area contributed by atoms with E-state index in [4.69, 9.17) is 19.7 Å². The highest BCUT2D eigenvalue weighted by atomic mass is 16.5. The summed E-state index contributed by atoms with van der Waals surface area (Å²) in [5.41, 5.74) is 1.05. The maximum absolute atomic E-state index is 9.41. The Labute approximate surface area is 113 Å². The van der Waals surface area contributed by atoms with Crippen molar-refractivity contribution in [1.82, 2.24) is 0 Å². The molecule has 0 aliphatic heterocycles. The molecule has 0 amide bonds. The summed E-state index contributed by atoms with van der Waals surface area (Å²) in [4.78, 5) is 0. The Bertz CT molecular complexity index is 338. The van der Waals surface area contributed by atoms with Gasteiger partial charge in [-0.2, -0.15) is 0 Å². The van der Waals surface area contributed by atoms with Crippen molar-refractivity contribution >= 4 is 0 Å². The minimum absolute atomic E-state index is 0.407. The summed E-state index contributed by atoms with van der Waals surface area (Å²) in [5.74, 6) is 0.810. The highest BCUT2D eigenvalue weighted by Crippen LogP contribution is 2.12. The molecule has 0 fully saturated rings. The van der Waals surface area contributed by atoms with Crippen LogP contribution in [-0.2, 0) is 11.3 Å². The predicted octanol–water partition coefficient (Wildman–Crippen LogP) is 0.706. The lowest BCUT2D eigenvalue weighted by molar-refractivity contribution is -0.0220. The molecule has 0 heterocycles. The van der Waals surface area contributed by atoms with E-state index in [0.29, 0.717) is 26.1 Å². The summed E-state index contributed by atoms with van der Waals surface area (Å²) in [6, 6.07) is 7.62. The third kappa shape index (κ3) is 6.02. The lowest BCUT2D eigenvalue weighted by Crippen LogP contribution is -2.29. The van der Waals surface area contributed by atoms with Crippen LogP contribution in [0.4, 0.5) is 0 Å². The first kappa shape index (κ1) is 15.9. The molecule has 0 bridgehead atoms. The Kier molecular flexibility index (Phi) is 7.43. The maximum atomic E-state index is 9.41. The van der Waals surface area contributed by atoms with Crippen LogP contribution in [0.1, 0.15) is 18.4 Å². The van der Waals surface area contributed by atoms with Gasteiger partial charge in [0.25, 0.3) is 0 Å². The summed E-state index contributed by atoms with van der Waals surface area (Å²) in [5, 5.41) is 27.2. The number of benzene rings is 1. The molecule has 5 heteroatoms. The Morgan fingerprint density at radius 2 is 1.79 bits per heavy atom. The van der Waals surface area contributed by atoms with Crippen molar-refractivity contribution in [2.75, 3.05) is 20.3 Å². The monoisotopic (exact) mass is 270 g/mol. The minimum Gasteiger partial charge on any atom is -0.497 e. The van der Waals surface area contributed by atoms with E-state index in [1.54, 1.807) is 7.11 Å². The number of rotatable bonds is 9. The first-order valence-corrected chi connectivity index (χ1v) is 6.35. The van der Waals surface area contributed by atoms with Crippen molar-refractivity contribution in [2.45, 2.75) is 31.7 Å². The predicted molar refractivity (Wildman–Crippen MR) is 71.0 cm³/mol. The van der Waals surface area contributed by atoms with Crippen molar-refractivity contribution in [2.24, 2.45) is 0 Å². The number of aliphatic hydroxyl groups excluding tert-OH is 3. The topological polar surface area (TPSA) is 79.2 Å². The molecule has 0 saturated heterocycles. The molecular weight excluding hydrogens is 248 g/mol. The molecule has 0 aliphatic rings. The second kappa shape index (κ2) is 8.87. The van der Waals surface area contributed by atoms with Crippen molar-refractivity contribution in [1.29, 1.82) is 0 Å². The first-order chi connectivity index (χ1) is 9.17. The Morgan fingerprint density at radius 3 is 2.37 bits per heavy atom. The average molecular weight is 270 g/mol. The van der Waals surface area contributed by atoms with E-state index in [1.165, 1.54) is 0 Å². The molecule has 1 rings (SSSR count). The summed E-state index contributed by atoms with van der Waals surface area (Å²) in [7, 11) is 1.62. The van der Waals surface area contributed by atoms with Gasteiger partial charge in [0.05, 0.1) is 26.4 Å². The second-order valence-electron chi connectivity index (χ2n) is 4.36. The molecule has 0 unspecified atom stereocenters. The van der Waals surface area contributed by atoms with Gasteiger partial charge in [0.1, 0.15) is 11.9 Å². The Morgan fingerprint density at radius 1 is 1.11 bits per heavy atom. The van der Waals surface area contributed by atoms with Crippen molar-refractivity contribution in [3.05, 3.63) is 29.8 Å². The fourth-order valence-corrected chi connectivity index (χ4v) is 1.62. The van der Waals surface area contributed by atoms with Crippen molar-refractivity contribution in [3.8, 4) is 5.75 Å². The average Bonchev–Trinajstić information content (AvgIpc) is 2.46. The van der Waals surface area contributed by atoms with Gasteiger partial charge in [-0.25, -0.2) is 0 Å². The molecule has 0 aliphatic carbocycles. The molecule has 0 saturated carbocycles. The van der Waals surface area contributed by atoms with E-state index in [-0.39, 0.29) is 0 Å². The van der Waals surface area contributed by atoms with E-state index in [9.17, 15) is 5.11 Å². The van der Waals surface area contributed by atoms with Crippen LogP contribution in [0.5, 0.6) is 5.75 Å². The van der Waals surface area contributed by atoms with Gasteiger partial charge in [0.2, 0.25) is 0 Å². The fraction of sp³-hybridized carbons (Fsp3) is 0.571. The van der Waals surface area contributed by atoms with Crippen LogP contribution in [-0.4, -0.2) is 47.9 Å². The van der Waals surface area contributed by atoms with E-state index in [2.05, 4.69) is 0 Å². The number of aliphatic hydroxyl groups is 3. The van der Waals surface area contributed by atoms with Gasteiger partial charge in [0, 0.05) is 6.61 Å². The smallest absolute Gasteiger partial charge is 0.118 e. The van der Waals surface area contributed by atoms with E-state index >= 15 is 0 Å². The summed E-state index contributed by atoms with van der Waals surface area (Å²) in [6.07, 6.45) is -0.921. The highest BCUT2D eigenvalue weighted by Gasteiger charge is 2.14. The Hall–Kier alpha value is -1.14. The van der Waals surface area contributed by atoms with E-state index < -0.39 is 18.8 Å². The fourth-order valence-electron chi connectivity index (χ4n) is 1.62. The number of methoxy groups -OCH3 is 1. The molecule has 1 aromatic rings. The van der Waals surface area contributed by atoms with Crippen LogP contribution < -0.4 is 4.74 Å². The molecule has 1 aromatic carbocycles. The quantitative estimate of drug-likeness (QED) is 0.576. The van der Waals surface area contributed by atoms with Gasteiger partial charge in [-0.3, -0.25) is 0 Å². The standard InChI is InChI=1S/C14H22O5/c1-18-12-6-4-11(5-7-12)10-19-8-2-3-13(16)14(17)9-15/h4-7,13-17H,2-3,8-10H2,1H3/t13-,14-/m0/s1. The molecule has 0 spiro atoms. The third-order valence-corrected chi connectivity index (χ3v) is 2.85. The lowest BCUT2D eigenvalue weighted by Gasteiger charge is -2.15. The summed E-state index contributed by atoms with van der Waals surface area (Å²) >= 11 is 0. The lowest BCUT2D eigenvalue weighted by atomic mass is 10.1. The van der Waals surface area contributed by atoms with E-state index in [1.807, 2.05) is 24.3 Å². The molecular formula is C14H22O5. The highest BCUT2D eigenvalue weighted by molar-refractivity contribution is 5.26. The molecule has 108 valence electrons. The van der Waals surface area contributed by atoms with Crippen LogP contribution in [0.25, 0.3) is 0 Å². The van der Waals surface area contributed by atoms with Gasteiger partial charge in [-0.15, -0.1) is 0 Å². The zero-order valence-electron chi connectivity index (χ0n) is 11.2. The molecule has 19 heavy (non-hydrogen) atoms. The summed E-state index contributed by atoms with van der Waals surface area (Å²) in [6.45, 7) is 0.581. The minimum atomic E-state index is -1.07. The zero-order valence-corrected chi connectivity index (χ0v) is 11.2. The summed E-state index contributed by atoms with van der Waals surface area (Å²) < 4.78 is 10.5. The maximum Gasteiger partial charge on any atom is 0.118 e. The molecule has 3 N–H and O–H groups in total. The number of hydrogen-bond donors (Lipinski definition) is 3. The van der Waals surface area contributed by atoms with Gasteiger partial charge in [-0.05, 0) is 30.5 Å². The van der Waals surface area contributed by atoms with Crippen molar-refractivity contribution < 1.29 is 24.8 Å². The largest absolute Gasteiger partial charge is 0.497 e. The molecule has 0 radical (unpaired) electrons. The first-order valence-electron chi connectivity index (χ1n) is 6.35. The third-order valence-electron chi connectivity index (χ3n) is 2.85. The number of ether oxygens (including phenoxy) is 2. The SMILES string of the molecule is COc1ccc(COCCC[C@H](O)[C@@H](O)CO)cc1. The van der Waals surface area contributed by atoms with Gasteiger partial charge in [0.15, 0.2) is 0 Å². The van der Waals surface area contributed by atoms with Gasteiger partial charge < -0.3 is 24.8 Å². The number of hydrogen-bond acceptors (Lipinski definition) is 5. The molecule has 2 atom stereocenters. The Balaban J connectivity index is 2.13. The van der Waals surface area contributed by atoms with Crippen LogP contribution in [0.15, 0.2) is 24.3 Å². The van der Waals surface area contributed by atoms with Crippen LogP contribution in [0.3, 0.4) is 0 Å². The molecule has 5 nitrogen and oxygen atoms in total. The normalized spacial score (nSPS) is 14.1. The van der Waals surface area contributed by atoms with Crippen LogP contribution >= 0.6 is 0 Å². The zero-order chi connectivity index (χ0) is 14.1. The van der Waals surface area contributed by atoms with Gasteiger partial charge >= 0.3 is 0 Å². The van der Waals surface area contributed by atoms with Gasteiger partial charge in [-0.1, -0.05) is 12.1 Å².